The average Bonchev–Trinajstić information content (AvgIpc) is 2.60. The van der Waals surface area contributed by atoms with Gasteiger partial charge in [0.05, 0.1) is 5.57 Å². The van der Waals surface area contributed by atoms with Gasteiger partial charge in [0.25, 0.3) is 11.8 Å². The highest BCUT2D eigenvalue weighted by molar-refractivity contribution is 6.33. The van der Waals surface area contributed by atoms with Gasteiger partial charge in [-0.3, -0.25) is 14.9 Å². The number of hydrogen-bond acceptors (Lipinski definition) is 4. The van der Waals surface area contributed by atoms with Crippen LogP contribution < -0.4 is 5.32 Å². The molecule has 16 heavy (non-hydrogen) atoms. The molecule has 1 aromatic rings. The molecule has 0 aromatic heterocycles. The van der Waals surface area contributed by atoms with Crippen LogP contribution in [-0.4, -0.2) is 17.9 Å². The van der Waals surface area contributed by atoms with Crippen molar-refractivity contribution in [1.82, 2.24) is 5.32 Å². The average molecular weight is 216 g/mol. The molecule has 0 aliphatic carbocycles. The smallest absolute Gasteiger partial charge is 0.258 e. The van der Waals surface area contributed by atoms with E-state index in [2.05, 4.69) is 5.32 Å². The molecule has 0 saturated heterocycles. The maximum Gasteiger partial charge on any atom is 0.258 e. The van der Waals surface area contributed by atoms with Crippen molar-refractivity contribution in [3.8, 4) is 0 Å². The second-order valence-electron chi connectivity index (χ2n) is 2.84. The first kappa shape index (κ1) is 11.6. The number of carbonyl (C=O) groups excluding carboxylic acids is 3. The molecule has 80 valence electrons. The summed E-state index contributed by atoms with van der Waals surface area (Å²) in [5.74, 6) is -0.667. The predicted octanol–water partition coefficient (Wildman–Crippen LogP) is 0.627. The van der Waals surface area contributed by atoms with Crippen molar-refractivity contribution in [3.05, 3.63) is 42.0 Å². The van der Waals surface area contributed by atoms with Gasteiger partial charge < -0.3 is 0 Å². The molecule has 2 N–H and O–H groups in total. The van der Waals surface area contributed by atoms with Gasteiger partial charge in [0, 0.05) is 6.08 Å². The molecule has 2 rings (SSSR count). The van der Waals surface area contributed by atoms with Crippen molar-refractivity contribution >= 4 is 23.5 Å². The first-order valence-corrected chi connectivity index (χ1v) is 4.35. The molecule has 5 heteroatoms. The Morgan fingerprint density at radius 3 is 2.12 bits per heavy atom. The van der Waals surface area contributed by atoms with Gasteiger partial charge in [-0.1, -0.05) is 30.3 Å². The van der Waals surface area contributed by atoms with Crippen LogP contribution in [0.2, 0.25) is 0 Å². The highest BCUT2D eigenvalue weighted by Gasteiger charge is 2.21. The van der Waals surface area contributed by atoms with Crippen LogP contribution >= 0.6 is 0 Å². The zero-order valence-corrected chi connectivity index (χ0v) is 8.19. The van der Waals surface area contributed by atoms with Crippen molar-refractivity contribution < 1.29 is 14.4 Å². The summed E-state index contributed by atoms with van der Waals surface area (Å²) in [5.41, 5.74) is 1.21. The van der Waals surface area contributed by atoms with E-state index in [-0.39, 0.29) is 11.8 Å². The van der Waals surface area contributed by atoms with E-state index < -0.39 is 0 Å². The summed E-state index contributed by atoms with van der Waals surface area (Å²) < 4.78 is 0. The number of benzene rings is 1. The molecule has 0 fully saturated rings. The molecule has 1 aliphatic rings. The topological polar surface area (TPSA) is 87.1 Å². The van der Waals surface area contributed by atoms with Crippen LogP contribution in [-0.2, 0) is 14.4 Å². The summed E-state index contributed by atoms with van der Waals surface area (Å²) in [6.07, 6.45) is 2.07. The fourth-order valence-corrected chi connectivity index (χ4v) is 1.24. The third kappa shape index (κ3) is 2.73. The quantitative estimate of drug-likeness (QED) is 0.410. The van der Waals surface area contributed by atoms with E-state index in [1.807, 2.05) is 18.2 Å². The fraction of sp³-hybridized carbons (Fsp3) is 0. The number of rotatable bonds is 1. The number of nitrogens with one attached hydrogen (secondary N) is 2. The molecule has 1 aliphatic heterocycles. The molecule has 0 saturated carbocycles. The Morgan fingerprint density at radius 1 is 1.12 bits per heavy atom. The Kier molecular flexibility index (Phi) is 3.89. The minimum absolute atomic E-state index is 0.323. The van der Waals surface area contributed by atoms with Gasteiger partial charge in [-0.2, -0.15) is 0 Å². The normalized spacial score (nSPS) is 13.1. The predicted molar refractivity (Wildman–Crippen MR) is 56.0 cm³/mol. The van der Waals surface area contributed by atoms with E-state index in [1.54, 1.807) is 12.1 Å². The molecule has 1 heterocycles. The van der Waals surface area contributed by atoms with Crippen molar-refractivity contribution in [3.63, 3.8) is 0 Å². The van der Waals surface area contributed by atoms with Crippen LogP contribution in [0.25, 0.3) is 5.57 Å². The highest BCUT2D eigenvalue weighted by atomic mass is 16.2. The Balaban J connectivity index is 0.000000386. The molecular formula is C11H8N2O3. The van der Waals surface area contributed by atoms with Crippen molar-refractivity contribution in [2.24, 2.45) is 0 Å². The molecule has 0 unspecified atom stereocenters. The van der Waals surface area contributed by atoms with E-state index in [0.29, 0.717) is 5.57 Å². The monoisotopic (exact) mass is 216 g/mol. The van der Waals surface area contributed by atoms with Gasteiger partial charge in [0.1, 0.15) is 0 Å². The Morgan fingerprint density at radius 2 is 1.69 bits per heavy atom. The van der Waals surface area contributed by atoms with Crippen LogP contribution in [0.5, 0.6) is 0 Å². The van der Waals surface area contributed by atoms with Crippen LogP contribution in [0.3, 0.4) is 0 Å². The van der Waals surface area contributed by atoms with E-state index in [0.717, 1.165) is 11.6 Å². The lowest BCUT2D eigenvalue weighted by atomic mass is 10.1. The maximum atomic E-state index is 11.2. The van der Waals surface area contributed by atoms with Gasteiger partial charge >= 0.3 is 0 Å². The summed E-state index contributed by atoms with van der Waals surface area (Å²) in [7, 11) is 0. The zero-order valence-electron chi connectivity index (χ0n) is 8.19. The third-order valence-corrected chi connectivity index (χ3v) is 1.84. The van der Waals surface area contributed by atoms with E-state index >= 15 is 0 Å². The summed E-state index contributed by atoms with van der Waals surface area (Å²) in [4.78, 5) is 30.4. The fourth-order valence-electron chi connectivity index (χ4n) is 1.24. The van der Waals surface area contributed by atoms with Crippen molar-refractivity contribution in [1.29, 1.82) is 5.41 Å². The largest absolute Gasteiger partial charge is 0.289 e. The number of imide groups is 1. The Labute approximate surface area is 91.3 Å². The van der Waals surface area contributed by atoms with Gasteiger partial charge in [0.2, 0.25) is 6.08 Å². The van der Waals surface area contributed by atoms with Crippen LogP contribution in [0.1, 0.15) is 5.56 Å². The van der Waals surface area contributed by atoms with Crippen LogP contribution in [0.4, 0.5) is 0 Å². The van der Waals surface area contributed by atoms with Crippen LogP contribution in [0.15, 0.2) is 36.4 Å². The first-order chi connectivity index (χ1) is 7.69. The third-order valence-electron chi connectivity index (χ3n) is 1.84. The maximum absolute atomic E-state index is 11.2. The molecule has 5 nitrogen and oxygen atoms in total. The molecule has 0 atom stereocenters. The summed E-state index contributed by atoms with van der Waals surface area (Å²) in [6, 6.07) is 9.10. The second-order valence-corrected chi connectivity index (χ2v) is 2.84. The lowest BCUT2D eigenvalue weighted by Gasteiger charge is -1.97. The Hall–Kier alpha value is -2.52. The van der Waals surface area contributed by atoms with Gasteiger partial charge in [-0.25, -0.2) is 10.2 Å². The number of carbonyl (C=O) groups is 2. The number of isocyanates is 1. The first-order valence-electron chi connectivity index (χ1n) is 4.35. The molecule has 0 spiro atoms. The molecule has 2 amide bonds. The molecule has 1 aromatic carbocycles. The minimum Gasteiger partial charge on any atom is -0.289 e. The lowest BCUT2D eigenvalue weighted by molar-refractivity contribution is -0.123. The molecule has 0 radical (unpaired) electrons. The highest BCUT2D eigenvalue weighted by Crippen LogP contribution is 2.16. The van der Waals surface area contributed by atoms with Gasteiger partial charge in [-0.15, -0.1) is 0 Å². The van der Waals surface area contributed by atoms with E-state index in [4.69, 9.17) is 10.2 Å². The standard InChI is InChI=1S/C10H7NO2.CHNO/c12-9-6-8(10(13)11-9)7-4-2-1-3-5-7;2-1-3/h1-6H,(H,11,12,13);2H. The number of amides is 2. The van der Waals surface area contributed by atoms with E-state index in [1.165, 1.54) is 6.08 Å². The van der Waals surface area contributed by atoms with Gasteiger partial charge in [0.15, 0.2) is 0 Å². The van der Waals surface area contributed by atoms with E-state index in [9.17, 15) is 9.59 Å². The Bertz CT molecular complexity index is 471. The minimum atomic E-state index is -0.344. The zero-order chi connectivity index (χ0) is 12.0. The van der Waals surface area contributed by atoms with Crippen molar-refractivity contribution in [2.75, 3.05) is 0 Å². The summed E-state index contributed by atoms with van der Waals surface area (Å²) in [6.45, 7) is 0. The lowest BCUT2D eigenvalue weighted by Crippen LogP contribution is -2.21. The summed E-state index contributed by atoms with van der Waals surface area (Å²) >= 11 is 0. The SMILES string of the molecule is N=C=O.O=C1C=C(c2ccccc2)C(=O)N1. The molecular weight excluding hydrogens is 208 g/mol. The van der Waals surface area contributed by atoms with Crippen molar-refractivity contribution in [2.45, 2.75) is 0 Å². The van der Waals surface area contributed by atoms with Gasteiger partial charge in [-0.05, 0) is 5.56 Å². The molecule has 0 bridgehead atoms. The number of hydrogen-bond donors (Lipinski definition) is 2. The second kappa shape index (κ2) is 5.38. The van der Waals surface area contributed by atoms with Crippen LogP contribution in [0, 0.1) is 5.41 Å². The summed E-state index contributed by atoms with van der Waals surface area (Å²) in [5, 5.41) is 7.60.